The van der Waals surface area contributed by atoms with Gasteiger partial charge in [0.1, 0.15) is 16.6 Å². The van der Waals surface area contributed by atoms with Crippen LogP contribution in [-0.4, -0.2) is 16.5 Å². The number of halogens is 1. The van der Waals surface area contributed by atoms with Gasteiger partial charge in [-0.15, -0.1) is 0 Å². The van der Waals surface area contributed by atoms with Gasteiger partial charge in [0.2, 0.25) is 0 Å². The molecule has 0 atom stereocenters. The van der Waals surface area contributed by atoms with E-state index in [4.69, 9.17) is 16.3 Å². The molecule has 4 aromatic rings. The predicted octanol–water partition coefficient (Wildman–Crippen LogP) is 4.88. The van der Waals surface area contributed by atoms with Crippen LogP contribution in [0.4, 0.5) is 0 Å². The van der Waals surface area contributed by atoms with Crippen LogP contribution >= 0.6 is 22.9 Å². The molecular weight excluding hydrogens is 304 g/mol. The van der Waals surface area contributed by atoms with E-state index in [2.05, 4.69) is 4.98 Å². The SMILES string of the molecule is COc1ccc2c(c1)sc1nc(-c3ccccc3)c(Cl)n12. The van der Waals surface area contributed by atoms with Gasteiger partial charge in [-0.05, 0) is 18.2 Å². The van der Waals surface area contributed by atoms with Crippen molar-refractivity contribution < 1.29 is 4.74 Å². The van der Waals surface area contributed by atoms with E-state index in [9.17, 15) is 0 Å². The number of imidazole rings is 1. The molecule has 0 radical (unpaired) electrons. The minimum Gasteiger partial charge on any atom is -0.497 e. The Kier molecular flexibility index (Phi) is 2.87. The summed E-state index contributed by atoms with van der Waals surface area (Å²) in [6.07, 6.45) is 0. The number of fused-ring (bicyclic) bond motifs is 3. The molecule has 2 aromatic heterocycles. The molecule has 0 fully saturated rings. The largest absolute Gasteiger partial charge is 0.497 e. The Balaban J connectivity index is 2.00. The first kappa shape index (κ1) is 12.7. The molecule has 0 saturated carbocycles. The van der Waals surface area contributed by atoms with Gasteiger partial charge in [0.05, 0.1) is 17.3 Å². The maximum atomic E-state index is 6.56. The molecule has 21 heavy (non-hydrogen) atoms. The fourth-order valence-corrected chi connectivity index (χ4v) is 3.85. The Morgan fingerprint density at radius 3 is 2.71 bits per heavy atom. The van der Waals surface area contributed by atoms with Crippen molar-refractivity contribution in [3.63, 3.8) is 0 Å². The minimum absolute atomic E-state index is 0.646. The maximum Gasteiger partial charge on any atom is 0.196 e. The highest BCUT2D eigenvalue weighted by atomic mass is 35.5. The van der Waals surface area contributed by atoms with Gasteiger partial charge in [-0.1, -0.05) is 53.3 Å². The third-order valence-electron chi connectivity index (χ3n) is 3.45. The van der Waals surface area contributed by atoms with E-state index in [1.54, 1.807) is 18.4 Å². The summed E-state index contributed by atoms with van der Waals surface area (Å²) >= 11 is 8.17. The molecule has 0 aliphatic rings. The van der Waals surface area contributed by atoms with Gasteiger partial charge < -0.3 is 4.74 Å². The summed E-state index contributed by atoms with van der Waals surface area (Å²) in [5.74, 6) is 0.839. The molecule has 5 heteroatoms. The van der Waals surface area contributed by atoms with Crippen molar-refractivity contribution in [2.24, 2.45) is 0 Å². The Bertz CT molecular complexity index is 943. The third-order valence-corrected chi connectivity index (χ3v) is 4.80. The second-order valence-electron chi connectivity index (χ2n) is 4.67. The van der Waals surface area contributed by atoms with E-state index in [1.807, 2.05) is 52.9 Å². The molecule has 0 amide bonds. The van der Waals surface area contributed by atoms with Gasteiger partial charge in [0.25, 0.3) is 0 Å². The van der Waals surface area contributed by atoms with Gasteiger partial charge in [-0.25, -0.2) is 4.98 Å². The smallest absolute Gasteiger partial charge is 0.196 e. The van der Waals surface area contributed by atoms with Gasteiger partial charge in [-0.3, -0.25) is 4.40 Å². The number of ether oxygens (including phenoxy) is 1. The zero-order valence-corrected chi connectivity index (χ0v) is 12.8. The van der Waals surface area contributed by atoms with Gasteiger partial charge in [0, 0.05) is 5.56 Å². The molecule has 0 spiro atoms. The number of nitrogens with zero attached hydrogens (tertiary/aromatic N) is 2. The molecule has 0 aliphatic heterocycles. The van der Waals surface area contributed by atoms with E-state index < -0.39 is 0 Å². The van der Waals surface area contributed by atoms with Crippen LogP contribution < -0.4 is 4.74 Å². The average Bonchev–Trinajstić information content (AvgIpc) is 3.04. The summed E-state index contributed by atoms with van der Waals surface area (Å²) in [4.78, 5) is 5.57. The molecule has 4 rings (SSSR count). The number of methoxy groups -OCH3 is 1. The highest BCUT2D eigenvalue weighted by Crippen LogP contribution is 2.36. The summed E-state index contributed by atoms with van der Waals surface area (Å²) in [7, 11) is 1.67. The Hall–Kier alpha value is -2.04. The number of rotatable bonds is 2. The third kappa shape index (κ3) is 1.91. The summed E-state index contributed by atoms with van der Waals surface area (Å²) in [6.45, 7) is 0. The van der Waals surface area contributed by atoms with Gasteiger partial charge >= 0.3 is 0 Å². The number of hydrogen-bond acceptors (Lipinski definition) is 3. The van der Waals surface area contributed by atoms with Crippen LogP contribution in [0.3, 0.4) is 0 Å². The fraction of sp³-hybridized carbons (Fsp3) is 0.0625. The average molecular weight is 315 g/mol. The molecule has 0 unspecified atom stereocenters. The topological polar surface area (TPSA) is 26.5 Å². The molecule has 104 valence electrons. The van der Waals surface area contributed by atoms with Crippen LogP contribution in [0, 0.1) is 0 Å². The van der Waals surface area contributed by atoms with E-state index in [0.717, 1.165) is 32.2 Å². The maximum absolute atomic E-state index is 6.56. The zero-order valence-electron chi connectivity index (χ0n) is 11.2. The van der Waals surface area contributed by atoms with Crippen LogP contribution in [0.15, 0.2) is 48.5 Å². The summed E-state index contributed by atoms with van der Waals surface area (Å²) < 4.78 is 8.36. The molecule has 0 N–H and O–H groups in total. The van der Waals surface area contributed by atoms with E-state index in [1.165, 1.54) is 0 Å². The Morgan fingerprint density at radius 2 is 1.95 bits per heavy atom. The summed E-state index contributed by atoms with van der Waals surface area (Å²) in [5, 5.41) is 0.646. The number of thiazole rings is 1. The van der Waals surface area contributed by atoms with Crippen LogP contribution in [0.2, 0.25) is 5.15 Å². The normalized spacial score (nSPS) is 11.3. The fourth-order valence-electron chi connectivity index (χ4n) is 2.42. The summed E-state index contributed by atoms with van der Waals surface area (Å²) in [6, 6.07) is 16.0. The first-order chi connectivity index (χ1) is 10.3. The van der Waals surface area contributed by atoms with Crippen LogP contribution in [0.25, 0.3) is 26.4 Å². The lowest BCUT2D eigenvalue weighted by Gasteiger charge is -2.00. The second kappa shape index (κ2) is 4.76. The van der Waals surface area contributed by atoms with E-state index >= 15 is 0 Å². The lowest BCUT2D eigenvalue weighted by atomic mass is 10.2. The lowest BCUT2D eigenvalue weighted by molar-refractivity contribution is 0.415. The molecule has 2 heterocycles. The standard InChI is InChI=1S/C16H11ClN2OS/c1-20-11-7-8-12-13(9-11)21-16-18-14(15(17)19(12)16)10-5-3-2-4-6-10/h2-9H,1H3. The quantitative estimate of drug-likeness (QED) is 0.527. The highest BCUT2D eigenvalue weighted by molar-refractivity contribution is 7.23. The number of aromatic nitrogens is 2. The monoisotopic (exact) mass is 314 g/mol. The van der Waals surface area contributed by atoms with Crippen LogP contribution in [0.5, 0.6) is 5.75 Å². The first-order valence-electron chi connectivity index (χ1n) is 6.48. The second-order valence-corrected chi connectivity index (χ2v) is 6.04. The van der Waals surface area contributed by atoms with Crippen molar-refractivity contribution in [1.29, 1.82) is 0 Å². The molecule has 3 nitrogen and oxygen atoms in total. The first-order valence-corrected chi connectivity index (χ1v) is 7.67. The molecule has 0 aliphatic carbocycles. The minimum atomic E-state index is 0.646. The Morgan fingerprint density at radius 1 is 1.14 bits per heavy atom. The van der Waals surface area contributed by atoms with Crippen molar-refractivity contribution in [1.82, 2.24) is 9.38 Å². The van der Waals surface area contributed by atoms with Crippen molar-refractivity contribution in [3.05, 3.63) is 53.7 Å². The molecule has 0 saturated heterocycles. The zero-order chi connectivity index (χ0) is 14.4. The predicted molar refractivity (Wildman–Crippen MR) is 87.6 cm³/mol. The lowest BCUT2D eigenvalue weighted by Crippen LogP contribution is -1.84. The van der Waals surface area contributed by atoms with E-state index in [0.29, 0.717) is 5.15 Å². The highest BCUT2D eigenvalue weighted by Gasteiger charge is 2.16. The van der Waals surface area contributed by atoms with E-state index in [-0.39, 0.29) is 0 Å². The summed E-state index contributed by atoms with van der Waals surface area (Å²) in [5.41, 5.74) is 2.90. The van der Waals surface area contributed by atoms with Crippen LogP contribution in [0.1, 0.15) is 0 Å². The van der Waals surface area contributed by atoms with Crippen molar-refractivity contribution in [3.8, 4) is 17.0 Å². The van der Waals surface area contributed by atoms with Gasteiger partial charge in [0.15, 0.2) is 4.96 Å². The van der Waals surface area contributed by atoms with Crippen molar-refractivity contribution in [2.45, 2.75) is 0 Å². The van der Waals surface area contributed by atoms with Crippen molar-refractivity contribution in [2.75, 3.05) is 7.11 Å². The van der Waals surface area contributed by atoms with Crippen molar-refractivity contribution >= 4 is 38.1 Å². The van der Waals surface area contributed by atoms with Gasteiger partial charge in [-0.2, -0.15) is 0 Å². The molecule has 0 bridgehead atoms. The number of hydrogen-bond donors (Lipinski definition) is 0. The number of benzene rings is 2. The van der Waals surface area contributed by atoms with Crippen LogP contribution in [-0.2, 0) is 0 Å². The molecule has 2 aromatic carbocycles. The molecular formula is C16H11ClN2OS. The Labute approximate surface area is 130 Å².